The van der Waals surface area contributed by atoms with Crippen molar-refractivity contribution < 1.29 is 18.7 Å². The normalized spacial score (nSPS) is 9.90. The standard InChI is InChI=1S/C14H10N2O5/c1-20-9-2-3-11-8(6-9)7-10(14(19)21-11)13(18)16-12(17)4-5-15/h2-3,6-7H,4H2,1H3,(H,16,17,18). The Kier molecular flexibility index (Phi) is 4.00. The molecule has 0 saturated heterocycles. The van der Waals surface area contributed by atoms with Crippen molar-refractivity contribution in [1.29, 1.82) is 5.26 Å². The number of ether oxygens (including phenoxy) is 1. The molecule has 1 N–H and O–H groups in total. The molecule has 0 unspecified atom stereocenters. The number of carbonyl (C=O) groups excluding carboxylic acids is 2. The van der Waals surface area contributed by atoms with Gasteiger partial charge in [-0.3, -0.25) is 14.9 Å². The second-order valence-corrected chi connectivity index (χ2v) is 4.06. The summed E-state index contributed by atoms with van der Waals surface area (Å²) in [6, 6.07) is 7.65. The van der Waals surface area contributed by atoms with Gasteiger partial charge in [-0.15, -0.1) is 0 Å². The van der Waals surface area contributed by atoms with E-state index < -0.39 is 23.9 Å². The number of imide groups is 1. The van der Waals surface area contributed by atoms with E-state index in [2.05, 4.69) is 0 Å². The first-order chi connectivity index (χ1) is 10.0. The van der Waals surface area contributed by atoms with Gasteiger partial charge in [0, 0.05) is 5.39 Å². The maximum absolute atomic E-state index is 11.8. The van der Waals surface area contributed by atoms with Crippen LogP contribution in [0.3, 0.4) is 0 Å². The highest BCUT2D eigenvalue weighted by Gasteiger charge is 2.16. The number of hydrogen-bond donors (Lipinski definition) is 1. The van der Waals surface area contributed by atoms with E-state index in [1.165, 1.54) is 19.2 Å². The summed E-state index contributed by atoms with van der Waals surface area (Å²) < 4.78 is 10.0. The minimum Gasteiger partial charge on any atom is -0.497 e. The third kappa shape index (κ3) is 3.06. The Labute approximate surface area is 118 Å². The van der Waals surface area contributed by atoms with Gasteiger partial charge in [0.25, 0.3) is 5.91 Å². The lowest BCUT2D eigenvalue weighted by atomic mass is 10.1. The lowest BCUT2D eigenvalue weighted by Gasteiger charge is -2.04. The summed E-state index contributed by atoms with van der Waals surface area (Å²) in [6.45, 7) is 0. The van der Waals surface area contributed by atoms with E-state index >= 15 is 0 Å². The zero-order valence-electron chi connectivity index (χ0n) is 11.0. The van der Waals surface area contributed by atoms with Gasteiger partial charge in [-0.2, -0.15) is 5.26 Å². The van der Waals surface area contributed by atoms with Gasteiger partial charge in [0.05, 0.1) is 13.2 Å². The maximum atomic E-state index is 11.8. The largest absolute Gasteiger partial charge is 0.497 e. The van der Waals surface area contributed by atoms with Crippen molar-refractivity contribution in [2.45, 2.75) is 6.42 Å². The van der Waals surface area contributed by atoms with Crippen LogP contribution in [0.15, 0.2) is 33.5 Å². The van der Waals surface area contributed by atoms with E-state index in [1.807, 2.05) is 5.32 Å². The molecule has 0 aliphatic heterocycles. The van der Waals surface area contributed by atoms with E-state index in [0.29, 0.717) is 16.7 Å². The summed E-state index contributed by atoms with van der Waals surface area (Å²) in [6.07, 6.45) is -0.474. The molecule has 0 bridgehead atoms. The summed E-state index contributed by atoms with van der Waals surface area (Å²) in [5.41, 5.74) is -0.891. The van der Waals surface area contributed by atoms with Gasteiger partial charge in [-0.25, -0.2) is 4.79 Å². The molecule has 1 aromatic carbocycles. The Morgan fingerprint density at radius 3 is 2.81 bits per heavy atom. The van der Waals surface area contributed by atoms with Gasteiger partial charge in [0.15, 0.2) is 0 Å². The third-order valence-corrected chi connectivity index (χ3v) is 2.68. The SMILES string of the molecule is COc1ccc2oc(=O)c(C(=O)NC(=O)CC#N)cc2c1. The van der Waals surface area contributed by atoms with Crippen LogP contribution < -0.4 is 15.7 Å². The molecule has 0 aliphatic rings. The molecule has 0 spiro atoms. The number of rotatable bonds is 3. The van der Waals surface area contributed by atoms with E-state index in [-0.39, 0.29) is 5.56 Å². The predicted octanol–water partition coefficient (Wildman–Crippen LogP) is 0.972. The van der Waals surface area contributed by atoms with Crippen LogP contribution in [0.25, 0.3) is 11.0 Å². The van der Waals surface area contributed by atoms with Crippen LogP contribution >= 0.6 is 0 Å². The smallest absolute Gasteiger partial charge is 0.349 e. The van der Waals surface area contributed by atoms with Crippen LogP contribution in [-0.2, 0) is 4.79 Å². The lowest BCUT2D eigenvalue weighted by molar-refractivity contribution is -0.119. The Morgan fingerprint density at radius 1 is 1.38 bits per heavy atom. The fourth-order valence-electron chi connectivity index (χ4n) is 1.70. The first-order valence-electron chi connectivity index (χ1n) is 5.88. The average molecular weight is 286 g/mol. The lowest BCUT2D eigenvalue weighted by Crippen LogP contribution is -2.33. The molecule has 0 radical (unpaired) electrons. The number of hydrogen-bond acceptors (Lipinski definition) is 6. The topological polar surface area (TPSA) is 109 Å². The second kappa shape index (κ2) is 5.88. The van der Waals surface area contributed by atoms with Gasteiger partial charge in [-0.1, -0.05) is 0 Å². The maximum Gasteiger partial charge on any atom is 0.349 e. The molecular weight excluding hydrogens is 276 g/mol. The van der Waals surface area contributed by atoms with Crippen molar-refractivity contribution in [2.24, 2.45) is 0 Å². The van der Waals surface area contributed by atoms with Gasteiger partial charge < -0.3 is 9.15 Å². The van der Waals surface area contributed by atoms with Gasteiger partial charge in [0.1, 0.15) is 23.3 Å². The summed E-state index contributed by atoms with van der Waals surface area (Å²) >= 11 is 0. The van der Waals surface area contributed by atoms with E-state index in [0.717, 1.165) is 0 Å². The summed E-state index contributed by atoms with van der Waals surface area (Å²) in [5, 5.41) is 10.8. The van der Waals surface area contributed by atoms with E-state index in [9.17, 15) is 14.4 Å². The Morgan fingerprint density at radius 2 is 2.14 bits per heavy atom. The number of nitrogens with one attached hydrogen (secondary N) is 1. The highest BCUT2D eigenvalue weighted by atomic mass is 16.5. The molecule has 106 valence electrons. The fourth-order valence-corrected chi connectivity index (χ4v) is 1.70. The van der Waals surface area contributed by atoms with E-state index in [1.54, 1.807) is 18.2 Å². The molecule has 2 amide bonds. The molecule has 21 heavy (non-hydrogen) atoms. The highest BCUT2D eigenvalue weighted by Crippen LogP contribution is 2.20. The number of methoxy groups -OCH3 is 1. The van der Waals surface area contributed by atoms with Crippen molar-refractivity contribution in [3.05, 3.63) is 40.2 Å². The van der Waals surface area contributed by atoms with Crippen molar-refractivity contribution in [2.75, 3.05) is 7.11 Å². The Balaban J connectivity index is 2.42. The number of amides is 2. The van der Waals surface area contributed by atoms with Crippen LogP contribution in [0.2, 0.25) is 0 Å². The first kappa shape index (κ1) is 14.3. The molecule has 0 atom stereocenters. The predicted molar refractivity (Wildman–Crippen MR) is 71.7 cm³/mol. The van der Waals surface area contributed by atoms with Crippen LogP contribution in [-0.4, -0.2) is 18.9 Å². The number of benzene rings is 1. The second-order valence-electron chi connectivity index (χ2n) is 4.06. The fraction of sp³-hybridized carbons (Fsp3) is 0.143. The average Bonchev–Trinajstić information content (AvgIpc) is 2.46. The first-order valence-corrected chi connectivity index (χ1v) is 5.88. The van der Waals surface area contributed by atoms with Gasteiger partial charge in [-0.05, 0) is 24.3 Å². The van der Waals surface area contributed by atoms with Crippen molar-refractivity contribution >= 4 is 22.8 Å². The molecule has 0 aliphatic carbocycles. The molecule has 2 rings (SSSR count). The highest BCUT2D eigenvalue weighted by molar-refractivity contribution is 6.06. The zero-order valence-corrected chi connectivity index (χ0v) is 11.0. The van der Waals surface area contributed by atoms with Crippen molar-refractivity contribution in [3.8, 4) is 11.8 Å². The van der Waals surface area contributed by atoms with Crippen molar-refractivity contribution in [3.63, 3.8) is 0 Å². The molecule has 2 aromatic rings. The number of nitriles is 1. The summed E-state index contributed by atoms with van der Waals surface area (Å²) in [7, 11) is 1.48. The molecule has 0 saturated carbocycles. The van der Waals surface area contributed by atoms with Crippen LogP contribution in [0, 0.1) is 11.3 Å². The molecule has 7 heteroatoms. The van der Waals surface area contributed by atoms with E-state index in [4.69, 9.17) is 14.4 Å². The molecule has 7 nitrogen and oxygen atoms in total. The van der Waals surface area contributed by atoms with Gasteiger partial charge >= 0.3 is 5.63 Å². The van der Waals surface area contributed by atoms with Crippen molar-refractivity contribution in [1.82, 2.24) is 5.32 Å². The van der Waals surface area contributed by atoms with Gasteiger partial charge in [0.2, 0.25) is 5.91 Å². The van der Waals surface area contributed by atoms with Crippen LogP contribution in [0.4, 0.5) is 0 Å². The minimum absolute atomic E-state index is 0.292. The molecule has 1 aromatic heterocycles. The number of nitrogens with zero attached hydrogens (tertiary/aromatic N) is 1. The molecular formula is C14H10N2O5. The zero-order chi connectivity index (χ0) is 15.4. The number of fused-ring (bicyclic) bond motifs is 1. The van der Waals surface area contributed by atoms with Crippen LogP contribution in [0.1, 0.15) is 16.8 Å². The Bertz CT molecular complexity index is 816. The molecule has 1 heterocycles. The quantitative estimate of drug-likeness (QED) is 0.842. The molecule has 0 fully saturated rings. The summed E-state index contributed by atoms with van der Waals surface area (Å²) in [5.74, 6) is -1.16. The van der Waals surface area contributed by atoms with Crippen LogP contribution in [0.5, 0.6) is 5.75 Å². The number of carbonyl (C=O) groups is 2. The Hall–Kier alpha value is -3.14. The minimum atomic E-state index is -0.909. The third-order valence-electron chi connectivity index (χ3n) is 2.68. The monoisotopic (exact) mass is 286 g/mol. The summed E-state index contributed by atoms with van der Waals surface area (Å²) in [4.78, 5) is 34.7.